The third kappa shape index (κ3) is 3.48. The third-order valence-corrected chi connectivity index (χ3v) is 4.58. The molecule has 2 aromatic heterocycles. The second-order valence-corrected chi connectivity index (χ2v) is 6.51. The summed E-state index contributed by atoms with van der Waals surface area (Å²) in [5, 5.41) is 3.41. The summed E-state index contributed by atoms with van der Waals surface area (Å²) in [4.78, 5) is 25.3. The summed E-state index contributed by atoms with van der Waals surface area (Å²) in [6, 6.07) is 4.67. The number of fused-ring (bicyclic) bond motifs is 1. The standard InChI is InChI=1S/C17H14BrF3N4O2/c1-8(9-4-3-5-10(13(9)19)14(20)21)24-15-11-6-12(18)17(26)25(27-2)16(11)23-7-22-15/h3-8,14H,1-2H3,(H,22,23,24)/t8-/m1/s1. The predicted octanol–water partition coefficient (Wildman–Crippen LogP) is 3.86. The van der Waals surface area contributed by atoms with Gasteiger partial charge in [0, 0.05) is 5.56 Å². The number of benzene rings is 1. The van der Waals surface area contributed by atoms with E-state index in [1.54, 1.807) is 6.92 Å². The van der Waals surface area contributed by atoms with E-state index < -0.39 is 29.4 Å². The van der Waals surface area contributed by atoms with Crippen LogP contribution in [-0.4, -0.2) is 21.8 Å². The molecule has 0 aliphatic heterocycles. The van der Waals surface area contributed by atoms with Gasteiger partial charge in [-0.05, 0) is 28.9 Å². The predicted molar refractivity (Wildman–Crippen MR) is 97.4 cm³/mol. The molecule has 1 aromatic carbocycles. The fourth-order valence-corrected chi connectivity index (χ4v) is 3.09. The van der Waals surface area contributed by atoms with Crippen LogP contribution in [0.15, 0.2) is 39.9 Å². The van der Waals surface area contributed by atoms with Crippen molar-refractivity contribution < 1.29 is 18.0 Å². The summed E-state index contributed by atoms with van der Waals surface area (Å²) < 4.78 is 41.5. The van der Waals surface area contributed by atoms with Crippen LogP contribution in [-0.2, 0) is 0 Å². The SMILES string of the molecule is COn1c(=O)c(Br)cc2c(N[C@H](C)c3cccc(C(F)F)c3F)ncnc21. The second-order valence-electron chi connectivity index (χ2n) is 5.65. The summed E-state index contributed by atoms with van der Waals surface area (Å²) in [5.74, 6) is -0.679. The molecule has 6 nitrogen and oxygen atoms in total. The van der Waals surface area contributed by atoms with E-state index >= 15 is 0 Å². The number of aromatic nitrogens is 3. The van der Waals surface area contributed by atoms with E-state index in [9.17, 15) is 18.0 Å². The van der Waals surface area contributed by atoms with Crippen LogP contribution in [0.25, 0.3) is 11.0 Å². The molecule has 0 aliphatic carbocycles. The molecule has 3 aromatic rings. The summed E-state index contributed by atoms with van der Waals surface area (Å²) >= 11 is 3.15. The Morgan fingerprint density at radius 3 is 2.63 bits per heavy atom. The maximum absolute atomic E-state index is 14.4. The molecule has 2 heterocycles. The lowest BCUT2D eigenvalue weighted by Gasteiger charge is -2.18. The molecule has 0 saturated carbocycles. The first kappa shape index (κ1) is 19.2. The average molecular weight is 443 g/mol. The fourth-order valence-electron chi connectivity index (χ4n) is 2.70. The zero-order chi connectivity index (χ0) is 19.7. The van der Waals surface area contributed by atoms with Gasteiger partial charge in [0.15, 0.2) is 5.65 Å². The molecule has 0 fully saturated rings. The highest BCUT2D eigenvalue weighted by Crippen LogP contribution is 2.30. The molecule has 0 saturated heterocycles. The van der Waals surface area contributed by atoms with Crippen LogP contribution < -0.4 is 15.7 Å². The van der Waals surface area contributed by atoms with Gasteiger partial charge in [0.1, 0.15) is 25.1 Å². The molecule has 0 spiro atoms. The molecule has 0 aliphatic rings. The lowest BCUT2D eigenvalue weighted by molar-refractivity contribution is 0.146. The number of rotatable bonds is 5. The van der Waals surface area contributed by atoms with E-state index in [1.807, 2.05) is 0 Å². The molecule has 27 heavy (non-hydrogen) atoms. The molecule has 0 bridgehead atoms. The van der Waals surface area contributed by atoms with Gasteiger partial charge in [0.2, 0.25) is 0 Å². The van der Waals surface area contributed by atoms with Gasteiger partial charge < -0.3 is 10.2 Å². The molecular formula is C17H14BrF3N4O2. The first-order valence-corrected chi connectivity index (χ1v) is 8.58. The fraction of sp³-hybridized carbons (Fsp3) is 0.235. The van der Waals surface area contributed by atoms with Crippen molar-refractivity contribution in [2.75, 3.05) is 12.4 Å². The van der Waals surface area contributed by atoms with Crippen molar-refractivity contribution in [3.63, 3.8) is 0 Å². The molecule has 10 heteroatoms. The van der Waals surface area contributed by atoms with E-state index in [-0.39, 0.29) is 15.7 Å². The van der Waals surface area contributed by atoms with Crippen molar-refractivity contribution in [3.05, 3.63) is 62.4 Å². The molecule has 0 amide bonds. The molecule has 142 valence electrons. The monoisotopic (exact) mass is 442 g/mol. The Morgan fingerprint density at radius 2 is 1.96 bits per heavy atom. The van der Waals surface area contributed by atoms with Crippen molar-refractivity contribution in [3.8, 4) is 0 Å². The molecular weight excluding hydrogens is 429 g/mol. The second kappa shape index (κ2) is 7.55. The normalized spacial score (nSPS) is 12.4. The Bertz CT molecular complexity index is 1060. The summed E-state index contributed by atoms with van der Waals surface area (Å²) in [7, 11) is 1.32. The van der Waals surface area contributed by atoms with Crippen LogP contribution in [0, 0.1) is 5.82 Å². The lowest BCUT2D eigenvalue weighted by Crippen LogP contribution is -2.26. The van der Waals surface area contributed by atoms with Crippen LogP contribution in [0.2, 0.25) is 0 Å². The maximum atomic E-state index is 14.4. The Kier molecular flexibility index (Phi) is 5.36. The first-order valence-electron chi connectivity index (χ1n) is 7.78. The molecule has 0 radical (unpaired) electrons. The quantitative estimate of drug-likeness (QED) is 0.649. The van der Waals surface area contributed by atoms with Gasteiger partial charge in [0.25, 0.3) is 12.0 Å². The molecule has 1 N–H and O–H groups in total. The Morgan fingerprint density at radius 1 is 1.26 bits per heavy atom. The summed E-state index contributed by atoms with van der Waals surface area (Å²) in [5.41, 5.74) is -0.834. The van der Waals surface area contributed by atoms with Crippen LogP contribution in [0.4, 0.5) is 19.0 Å². The minimum absolute atomic E-state index is 0.0682. The number of anilines is 1. The van der Waals surface area contributed by atoms with E-state index in [4.69, 9.17) is 4.84 Å². The average Bonchev–Trinajstić information content (AvgIpc) is 2.63. The zero-order valence-electron chi connectivity index (χ0n) is 14.2. The van der Waals surface area contributed by atoms with Gasteiger partial charge in [-0.3, -0.25) is 4.79 Å². The topological polar surface area (TPSA) is 69.0 Å². The van der Waals surface area contributed by atoms with E-state index in [2.05, 4.69) is 31.2 Å². The number of hydrogen-bond acceptors (Lipinski definition) is 5. The Balaban J connectivity index is 2.06. The lowest BCUT2D eigenvalue weighted by atomic mass is 10.0. The van der Waals surface area contributed by atoms with E-state index in [0.29, 0.717) is 11.2 Å². The zero-order valence-corrected chi connectivity index (χ0v) is 15.8. The number of pyridine rings is 1. The third-order valence-electron chi connectivity index (χ3n) is 4.01. The van der Waals surface area contributed by atoms with Crippen LogP contribution in [0.5, 0.6) is 0 Å². The van der Waals surface area contributed by atoms with Crippen molar-refractivity contribution in [1.29, 1.82) is 0 Å². The van der Waals surface area contributed by atoms with Crippen LogP contribution in [0.1, 0.15) is 30.5 Å². The Labute approximate surface area is 160 Å². The smallest absolute Gasteiger partial charge is 0.299 e. The highest BCUT2D eigenvalue weighted by Gasteiger charge is 2.21. The molecule has 1 atom stereocenters. The maximum Gasteiger partial charge on any atom is 0.299 e. The van der Waals surface area contributed by atoms with Gasteiger partial charge in [-0.25, -0.2) is 23.1 Å². The summed E-state index contributed by atoms with van der Waals surface area (Å²) in [6.07, 6.45) is -1.70. The van der Waals surface area contributed by atoms with Gasteiger partial charge in [-0.1, -0.05) is 18.2 Å². The summed E-state index contributed by atoms with van der Waals surface area (Å²) in [6.45, 7) is 1.61. The van der Waals surface area contributed by atoms with Crippen molar-refractivity contribution in [1.82, 2.24) is 14.7 Å². The Hall–Kier alpha value is -2.62. The number of hydrogen-bond donors (Lipinski definition) is 1. The number of nitrogens with zero attached hydrogens (tertiary/aromatic N) is 3. The highest BCUT2D eigenvalue weighted by molar-refractivity contribution is 9.10. The number of halogens is 4. The minimum atomic E-state index is -2.91. The van der Waals surface area contributed by atoms with Crippen LogP contribution >= 0.6 is 15.9 Å². The van der Waals surface area contributed by atoms with Gasteiger partial charge in [-0.2, -0.15) is 0 Å². The largest absolute Gasteiger partial charge is 0.412 e. The van der Waals surface area contributed by atoms with Crippen molar-refractivity contribution >= 4 is 32.8 Å². The number of alkyl halides is 2. The first-order chi connectivity index (χ1) is 12.8. The number of nitrogens with one attached hydrogen (secondary N) is 1. The van der Waals surface area contributed by atoms with Gasteiger partial charge in [-0.15, -0.1) is 4.73 Å². The molecule has 3 rings (SSSR count). The van der Waals surface area contributed by atoms with Crippen molar-refractivity contribution in [2.24, 2.45) is 0 Å². The van der Waals surface area contributed by atoms with Gasteiger partial charge >= 0.3 is 0 Å². The van der Waals surface area contributed by atoms with Crippen LogP contribution in [0.3, 0.4) is 0 Å². The molecule has 0 unspecified atom stereocenters. The minimum Gasteiger partial charge on any atom is -0.412 e. The van der Waals surface area contributed by atoms with Crippen molar-refractivity contribution in [2.45, 2.75) is 19.4 Å². The van der Waals surface area contributed by atoms with Gasteiger partial charge in [0.05, 0.1) is 21.5 Å². The highest BCUT2D eigenvalue weighted by atomic mass is 79.9. The van der Waals surface area contributed by atoms with E-state index in [0.717, 1.165) is 10.8 Å². The van der Waals surface area contributed by atoms with E-state index in [1.165, 1.54) is 31.6 Å².